The van der Waals surface area contributed by atoms with Crippen LogP contribution >= 0.6 is 0 Å². The second-order valence-electron chi connectivity index (χ2n) is 3.04. The standard InChI is InChI=1S/2C4H12BO4.Mg/c2*1-6-5(7-2,8-3)9-4;/h2*1-4H3;/q2*-1;+2. The molecular weight excluding hydrogens is 270 g/mol. The molecule has 0 atom stereocenters. The van der Waals surface area contributed by atoms with Gasteiger partial charge in [-0.1, -0.05) is 0 Å². The smallest absolute Gasteiger partial charge is 0.521 e. The van der Waals surface area contributed by atoms with Crippen LogP contribution < -0.4 is 0 Å². The monoisotopic (exact) mass is 294 g/mol. The first kappa shape index (κ1) is 24.6. The normalized spacial score (nSPS) is 11.4. The van der Waals surface area contributed by atoms with Crippen LogP contribution in [0.5, 0.6) is 0 Å². The average Bonchev–Trinajstić information content (AvgIpc) is 2.46. The molecule has 0 fully saturated rings. The van der Waals surface area contributed by atoms with Gasteiger partial charge in [0, 0.05) is 0 Å². The summed E-state index contributed by atoms with van der Waals surface area (Å²) in [5.41, 5.74) is 0. The van der Waals surface area contributed by atoms with Crippen LogP contribution in [0.25, 0.3) is 0 Å². The minimum absolute atomic E-state index is 0. The molecule has 0 aromatic heterocycles. The van der Waals surface area contributed by atoms with Gasteiger partial charge in [-0.2, -0.15) is 0 Å². The summed E-state index contributed by atoms with van der Waals surface area (Å²) in [5.74, 6) is 0. The molecule has 19 heavy (non-hydrogen) atoms. The Hall–Kier alpha value is 0.576. The Morgan fingerprint density at radius 3 is 0.474 bits per heavy atom. The van der Waals surface area contributed by atoms with Crippen molar-refractivity contribution in [3.05, 3.63) is 0 Å². The van der Waals surface area contributed by atoms with Gasteiger partial charge in [-0.05, 0) is 56.9 Å². The van der Waals surface area contributed by atoms with E-state index in [-0.39, 0.29) is 23.1 Å². The molecule has 112 valence electrons. The fourth-order valence-electron chi connectivity index (χ4n) is 1.15. The molecule has 11 heteroatoms. The summed E-state index contributed by atoms with van der Waals surface area (Å²) in [6.07, 6.45) is 0. The Morgan fingerprint density at radius 2 is 0.474 bits per heavy atom. The molecule has 0 unspecified atom stereocenters. The van der Waals surface area contributed by atoms with Gasteiger partial charge in [0.05, 0.1) is 0 Å². The van der Waals surface area contributed by atoms with E-state index in [4.69, 9.17) is 37.2 Å². The molecule has 0 aliphatic rings. The van der Waals surface area contributed by atoms with E-state index in [1.165, 1.54) is 56.9 Å². The van der Waals surface area contributed by atoms with E-state index in [1.807, 2.05) is 0 Å². The van der Waals surface area contributed by atoms with Gasteiger partial charge in [0.1, 0.15) is 0 Å². The zero-order valence-electron chi connectivity index (χ0n) is 13.1. The van der Waals surface area contributed by atoms with Crippen LogP contribution in [-0.2, 0) is 37.2 Å². The summed E-state index contributed by atoms with van der Waals surface area (Å²) in [7, 11) is 11.6. The Morgan fingerprint density at radius 1 is 0.368 bits per heavy atom. The Balaban J connectivity index is -0.000000256. The summed E-state index contributed by atoms with van der Waals surface area (Å²) >= 11 is 0. The molecule has 0 aromatic rings. The zero-order chi connectivity index (χ0) is 14.7. The zero-order valence-corrected chi connectivity index (χ0v) is 14.5. The number of hydrogen-bond acceptors (Lipinski definition) is 8. The van der Waals surface area contributed by atoms with Crippen LogP contribution in [0, 0.1) is 0 Å². The molecule has 0 saturated heterocycles. The van der Waals surface area contributed by atoms with Crippen molar-refractivity contribution in [1.29, 1.82) is 0 Å². The van der Waals surface area contributed by atoms with Crippen molar-refractivity contribution in [2.24, 2.45) is 0 Å². The minimum atomic E-state index is -1.94. The van der Waals surface area contributed by atoms with Crippen molar-refractivity contribution in [1.82, 2.24) is 0 Å². The Kier molecular flexibility index (Phi) is 17.5. The van der Waals surface area contributed by atoms with Crippen LogP contribution in [0.15, 0.2) is 0 Å². The third-order valence-electron chi connectivity index (χ3n) is 2.31. The molecule has 0 N–H and O–H groups in total. The minimum Gasteiger partial charge on any atom is -0.521 e. The van der Waals surface area contributed by atoms with Crippen LogP contribution in [0.3, 0.4) is 0 Å². The number of rotatable bonds is 8. The van der Waals surface area contributed by atoms with E-state index in [9.17, 15) is 0 Å². The third kappa shape index (κ3) is 8.45. The Bertz CT molecular complexity index is 137. The maximum absolute atomic E-state index is 4.78. The van der Waals surface area contributed by atoms with E-state index in [2.05, 4.69) is 0 Å². The molecule has 0 saturated carbocycles. The first-order valence-electron chi connectivity index (χ1n) is 5.15. The molecule has 0 heterocycles. The SMILES string of the molecule is CO[B-](OC)(OC)OC.CO[B-](OC)(OC)OC.[Mg+2]. The largest absolute Gasteiger partial charge is 2.00 e. The molecule has 0 rings (SSSR count). The number of hydrogen-bond donors (Lipinski definition) is 0. The van der Waals surface area contributed by atoms with Gasteiger partial charge in [-0.25, -0.2) is 0 Å². The van der Waals surface area contributed by atoms with E-state index < -0.39 is 13.9 Å². The molecular formula is C8H24B2MgO8. The maximum Gasteiger partial charge on any atom is 2.00 e. The summed E-state index contributed by atoms with van der Waals surface area (Å²) in [6.45, 7) is -3.89. The second-order valence-corrected chi connectivity index (χ2v) is 3.04. The topological polar surface area (TPSA) is 73.8 Å². The molecule has 8 nitrogen and oxygen atoms in total. The maximum atomic E-state index is 4.78. The van der Waals surface area contributed by atoms with Crippen molar-refractivity contribution >= 4 is 37.0 Å². The van der Waals surface area contributed by atoms with Gasteiger partial charge in [-0.3, -0.25) is 0 Å². The van der Waals surface area contributed by atoms with Crippen molar-refractivity contribution in [3.8, 4) is 0 Å². The van der Waals surface area contributed by atoms with E-state index in [0.717, 1.165) is 0 Å². The predicted octanol–water partition coefficient (Wildman–Crippen LogP) is -0.366. The molecule has 0 aromatic carbocycles. The summed E-state index contributed by atoms with van der Waals surface area (Å²) < 4.78 is 38.2. The fourth-order valence-corrected chi connectivity index (χ4v) is 1.15. The first-order chi connectivity index (χ1) is 8.49. The van der Waals surface area contributed by atoms with Crippen molar-refractivity contribution < 1.29 is 37.2 Å². The van der Waals surface area contributed by atoms with Gasteiger partial charge in [0.25, 0.3) is 0 Å². The van der Waals surface area contributed by atoms with Crippen LogP contribution in [0.4, 0.5) is 0 Å². The van der Waals surface area contributed by atoms with Gasteiger partial charge in [0.15, 0.2) is 0 Å². The third-order valence-corrected chi connectivity index (χ3v) is 2.31. The molecule has 0 radical (unpaired) electrons. The molecule has 0 aliphatic heterocycles. The van der Waals surface area contributed by atoms with Gasteiger partial charge in [0.2, 0.25) is 0 Å². The van der Waals surface area contributed by atoms with Crippen LogP contribution in [0.2, 0.25) is 0 Å². The van der Waals surface area contributed by atoms with Gasteiger partial charge >= 0.3 is 37.0 Å². The summed E-state index contributed by atoms with van der Waals surface area (Å²) in [4.78, 5) is 0. The average molecular weight is 294 g/mol. The Labute approximate surface area is 131 Å². The van der Waals surface area contributed by atoms with E-state index in [1.54, 1.807) is 0 Å². The van der Waals surface area contributed by atoms with Crippen molar-refractivity contribution in [3.63, 3.8) is 0 Å². The molecule has 0 aliphatic carbocycles. The quantitative estimate of drug-likeness (QED) is 0.562. The van der Waals surface area contributed by atoms with Crippen LogP contribution in [-0.4, -0.2) is 93.8 Å². The second kappa shape index (κ2) is 13.6. The predicted molar refractivity (Wildman–Crippen MR) is 73.3 cm³/mol. The molecule has 0 amide bonds. The van der Waals surface area contributed by atoms with Crippen molar-refractivity contribution in [2.75, 3.05) is 56.9 Å². The summed E-state index contributed by atoms with van der Waals surface area (Å²) in [5, 5.41) is 0. The van der Waals surface area contributed by atoms with E-state index >= 15 is 0 Å². The van der Waals surface area contributed by atoms with Gasteiger partial charge in [-0.15, -0.1) is 0 Å². The van der Waals surface area contributed by atoms with Gasteiger partial charge < -0.3 is 37.2 Å². The van der Waals surface area contributed by atoms with Crippen molar-refractivity contribution in [2.45, 2.75) is 0 Å². The van der Waals surface area contributed by atoms with E-state index in [0.29, 0.717) is 0 Å². The molecule has 0 bridgehead atoms. The first-order valence-corrected chi connectivity index (χ1v) is 5.15. The fraction of sp³-hybridized carbons (Fsp3) is 1.00. The molecule has 0 spiro atoms. The summed E-state index contributed by atoms with van der Waals surface area (Å²) in [6, 6.07) is 0. The van der Waals surface area contributed by atoms with Crippen LogP contribution in [0.1, 0.15) is 0 Å².